The Balaban J connectivity index is 0.895. The highest BCUT2D eigenvalue weighted by Crippen LogP contribution is 2.50. The third-order valence-corrected chi connectivity index (χ3v) is 10.3. The molecule has 5 aliphatic rings. The van der Waals surface area contributed by atoms with Gasteiger partial charge >= 0.3 is 0 Å². The first-order valence-electron chi connectivity index (χ1n) is 15.6. The number of hydrogen-bond acceptors (Lipinski definition) is 8. The summed E-state index contributed by atoms with van der Waals surface area (Å²) in [5, 5.41) is 14.5. The van der Waals surface area contributed by atoms with Crippen LogP contribution in [0.1, 0.15) is 66.6 Å². The van der Waals surface area contributed by atoms with E-state index in [1.807, 2.05) is 0 Å². The van der Waals surface area contributed by atoms with E-state index >= 15 is 0 Å². The second-order valence-electron chi connectivity index (χ2n) is 13.1. The van der Waals surface area contributed by atoms with Crippen molar-refractivity contribution in [2.75, 3.05) is 38.0 Å². The third-order valence-electron chi connectivity index (χ3n) is 10.3. The Morgan fingerprint density at radius 2 is 1.69 bits per heavy atom. The van der Waals surface area contributed by atoms with Gasteiger partial charge in [0.25, 0.3) is 11.8 Å². The number of aliphatic hydroxyl groups is 1. The van der Waals surface area contributed by atoms with Crippen molar-refractivity contribution in [3.8, 4) is 0 Å². The van der Waals surface area contributed by atoms with Crippen LogP contribution in [0, 0.1) is 11.3 Å². The highest BCUT2D eigenvalue weighted by molar-refractivity contribution is 6.37. The molecule has 4 fully saturated rings. The Labute approximate surface area is 246 Å². The van der Waals surface area contributed by atoms with Crippen molar-refractivity contribution in [3.63, 3.8) is 0 Å². The van der Waals surface area contributed by atoms with Crippen molar-refractivity contribution in [1.29, 1.82) is 0 Å². The maximum atomic E-state index is 13.4. The molecule has 2 saturated carbocycles. The number of benzene rings is 1. The van der Waals surface area contributed by atoms with Crippen molar-refractivity contribution in [1.82, 2.24) is 24.7 Å². The molecule has 1 aromatic heterocycles. The predicted molar refractivity (Wildman–Crippen MR) is 156 cm³/mol. The minimum absolute atomic E-state index is 0.0227. The second-order valence-corrected chi connectivity index (χ2v) is 13.1. The molecule has 3 aliphatic heterocycles. The van der Waals surface area contributed by atoms with Crippen LogP contribution in [-0.4, -0.2) is 98.3 Å². The minimum Gasteiger partial charge on any atom is -0.390 e. The van der Waals surface area contributed by atoms with Crippen LogP contribution in [-0.2, 0) is 22.6 Å². The molecule has 1 spiro atoms. The number of carbonyl (C=O) groups excluding carboxylic acids is 3. The number of nitrogens with zero attached hydrogens (tertiary/aromatic N) is 5. The minimum atomic E-state index is -0.605. The van der Waals surface area contributed by atoms with Gasteiger partial charge in [-0.25, -0.2) is 9.97 Å². The molecule has 10 nitrogen and oxygen atoms in total. The number of hydrogen-bond donors (Lipinski definition) is 2. The summed E-state index contributed by atoms with van der Waals surface area (Å²) in [5.74, 6) is -0.0395. The van der Waals surface area contributed by atoms with E-state index in [0.29, 0.717) is 37.7 Å². The summed E-state index contributed by atoms with van der Waals surface area (Å²) < 4.78 is 0. The summed E-state index contributed by atoms with van der Waals surface area (Å²) in [5.41, 5.74) is 3.26. The van der Waals surface area contributed by atoms with Crippen molar-refractivity contribution >= 4 is 23.4 Å². The van der Waals surface area contributed by atoms with E-state index in [1.54, 1.807) is 15.9 Å². The van der Waals surface area contributed by atoms with Gasteiger partial charge in [0.2, 0.25) is 5.78 Å². The Bertz CT molecular complexity index is 1360. The van der Waals surface area contributed by atoms with Gasteiger partial charge in [0.15, 0.2) is 0 Å². The number of anilines is 1. The van der Waals surface area contributed by atoms with Crippen LogP contribution in [0.3, 0.4) is 0 Å². The summed E-state index contributed by atoms with van der Waals surface area (Å²) in [7, 11) is 0. The quantitative estimate of drug-likeness (QED) is 0.506. The van der Waals surface area contributed by atoms with Gasteiger partial charge in [0.1, 0.15) is 17.8 Å². The van der Waals surface area contributed by atoms with Crippen LogP contribution >= 0.6 is 0 Å². The fourth-order valence-corrected chi connectivity index (χ4v) is 7.61. The molecule has 222 valence electrons. The van der Waals surface area contributed by atoms with E-state index in [2.05, 4.69) is 44.5 Å². The van der Waals surface area contributed by atoms with Crippen LogP contribution in [0.25, 0.3) is 0 Å². The smallest absolute Gasteiger partial charge is 0.290 e. The lowest BCUT2D eigenvalue weighted by atomic mass is 9.60. The number of likely N-dealkylation sites (tertiary alicyclic amines) is 2. The number of amides is 2. The average molecular weight is 573 g/mol. The lowest BCUT2D eigenvalue weighted by Gasteiger charge is -2.52. The van der Waals surface area contributed by atoms with Gasteiger partial charge in [0.05, 0.1) is 6.10 Å². The zero-order chi connectivity index (χ0) is 28.8. The molecule has 1 aromatic carbocycles. The summed E-state index contributed by atoms with van der Waals surface area (Å²) >= 11 is 0. The Morgan fingerprint density at radius 1 is 0.929 bits per heavy atom. The maximum absolute atomic E-state index is 13.4. The SMILES string of the molecule is O=C(C(=O)N1CCC2(CC1)CC(Nc1cc(C(=O)N3CC[C@@H](N4CCc5ccccc5C4)[C@H](O)C3)ncn1)C2)C1CC1. The zero-order valence-corrected chi connectivity index (χ0v) is 24.1. The summed E-state index contributed by atoms with van der Waals surface area (Å²) in [6.07, 6.45) is 8.08. The molecule has 2 N–H and O–H groups in total. The van der Waals surface area contributed by atoms with Crippen LogP contribution in [0.15, 0.2) is 36.7 Å². The number of fused-ring (bicyclic) bond motifs is 1. The van der Waals surface area contributed by atoms with Gasteiger partial charge in [0, 0.05) is 63.3 Å². The molecule has 0 unspecified atom stereocenters. The fourth-order valence-electron chi connectivity index (χ4n) is 7.61. The van der Waals surface area contributed by atoms with Gasteiger partial charge in [-0.3, -0.25) is 19.3 Å². The van der Waals surface area contributed by atoms with E-state index in [-0.39, 0.29) is 41.0 Å². The van der Waals surface area contributed by atoms with Crippen LogP contribution < -0.4 is 5.32 Å². The molecule has 2 saturated heterocycles. The number of β-amino-alcohol motifs (C(OH)–C–C–N with tert-alkyl or cyclic N) is 1. The molecule has 7 rings (SSSR count). The molecule has 4 heterocycles. The molecule has 10 heteroatoms. The van der Waals surface area contributed by atoms with Crippen molar-refractivity contribution in [2.24, 2.45) is 11.3 Å². The molecular weight excluding hydrogens is 532 g/mol. The average Bonchev–Trinajstić information content (AvgIpc) is 3.85. The van der Waals surface area contributed by atoms with Crippen LogP contribution in [0.5, 0.6) is 0 Å². The lowest BCUT2D eigenvalue weighted by molar-refractivity contribution is -0.147. The molecule has 2 amide bonds. The van der Waals surface area contributed by atoms with Crippen LogP contribution in [0.2, 0.25) is 0 Å². The largest absolute Gasteiger partial charge is 0.390 e. The molecular formula is C32H40N6O4. The Kier molecular flexibility index (Phi) is 7.22. The fraction of sp³-hybridized carbons (Fsp3) is 0.594. The summed E-state index contributed by atoms with van der Waals surface area (Å²) in [6.45, 7) is 3.96. The first kappa shape index (κ1) is 27.5. The highest BCUT2D eigenvalue weighted by Gasteiger charge is 2.47. The summed E-state index contributed by atoms with van der Waals surface area (Å²) in [6, 6.07) is 10.5. The summed E-state index contributed by atoms with van der Waals surface area (Å²) in [4.78, 5) is 52.4. The van der Waals surface area contributed by atoms with Gasteiger partial charge < -0.3 is 20.2 Å². The number of carbonyl (C=O) groups is 3. The van der Waals surface area contributed by atoms with E-state index in [4.69, 9.17) is 0 Å². The zero-order valence-electron chi connectivity index (χ0n) is 24.1. The Hall–Kier alpha value is -3.37. The number of rotatable bonds is 6. The lowest BCUT2D eigenvalue weighted by Crippen LogP contribution is -2.56. The number of Topliss-reactive ketones (excluding diaryl/α,β-unsaturated/α-hetero) is 1. The standard InChI is InChI=1S/C32H40N6O4/c39-27-19-38(12-8-26(27)37-11-7-21-3-1-2-4-23(21)18-37)30(41)25-15-28(34-20-33-25)35-24-16-32(17-24)9-13-36(14-10-32)31(42)29(40)22-5-6-22/h1-4,15,20,22,24,26-27,39H,5-14,16-19H2,(H,33,34,35)/t26-,27-/m1/s1. The number of piperidine rings is 2. The maximum Gasteiger partial charge on any atom is 0.290 e. The molecule has 0 radical (unpaired) electrons. The van der Waals surface area contributed by atoms with E-state index in [1.165, 1.54) is 17.5 Å². The van der Waals surface area contributed by atoms with Gasteiger partial charge in [-0.15, -0.1) is 0 Å². The van der Waals surface area contributed by atoms with Crippen LogP contribution in [0.4, 0.5) is 5.82 Å². The van der Waals surface area contributed by atoms with E-state index in [0.717, 1.165) is 64.5 Å². The third kappa shape index (κ3) is 5.42. The van der Waals surface area contributed by atoms with E-state index in [9.17, 15) is 19.5 Å². The van der Waals surface area contributed by atoms with E-state index < -0.39 is 6.10 Å². The number of ketones is 1. The first-order chi connectivity index (χ1) is 20.4. The number of aromatic nitrogens is 2. The Morgan fingerprint density at radius 3 is 2.43 bits per heavy atom. The number of aliphatic hydroxyl groups excluding tert-OH is 1. The van der Waals surface area contributed by atoms with Gasteiger partial charge in [-0.1, -0.05) is 24.3 Å². The van der Waals surface area contributed by atoms with Gasteiger partial charge in [-0.05, 0) is 67.9 Å². The molecule has 42 heavy (non-hydrogen) atoms. The van der Waals surface area contributed by atoms with Crippen molar-refractivity contribution in [3.05, 3.63) is 53.5 Å². The highest BCUT2D eigenvalue weighted by atomic mass is 16.3. The second kappa shape index (κ2) is 11.0. The topological polar surface area (TPSA) is 119 Å². The first-order valence-corrected chi connectivity index (χ1v) is 15.6. The molecule has 2 aromatic rings. The predicted octanol–water partition coefficient (Wildman–Crippen LogP) is 2.27. The van der Waals surface area contributed by atoms with Gasteiger partial charge in [-0.2, -0.15) is 0 Å². The number of nitrogens with one attached hydrogen (secondary N) is 1. The van der Waals surface area contributed by atoms with Crippen molar-refractivity contribution < 1.29 is 19.5 Å². The molecule has 2 aliphatic carbocycles. The normalized spacial score (nSPS) is 25.9. The molecule has 0 bridgehead atoms. The molecule has 2 atom stereocenters. The van der Waals surface area contributed by atoms with Crippen molar-refractivity contribution in [2.45, 2.75) is 76.1 Å². The monoisotopic (exact) mass is 572 g/mol.